The van der Waals surface area contributed by atoms with Crippen LogP contribution >= 0.6 is 15.9 Å². The second-order valence-electron chi connectivity index (χ2n) is 5.32. The molecule has 0 aliphatic carbocycles. The summed E-state index contributed by atoms with van der Waals surface area (Å²) >= 11 is 3.79. The number of rotatable bonds is 3. The van der Waals surface area contributed by atoms with Crippen LogP contribution in [-0.2, 0) is 6.42 Å². The van der Waals surface area contributed by atoms with Crippen molar-refractivity contribution in [2.24, 2.45) is 0 Å². The molecular weight excluding hydrogens is 327 g/mol. The topological polar surface area (TPSA) is 0 Å². The maximum absolute atomic E-state index is 13.0. The molecule has 0 bridgehead atoms. The van der Waals surface area contributed by atoms with Crippen molar-refractivity contribution in [2.75, 3.05) is 0 Å². The van der Waals surface area contributed by atoms with E-state index in [1.54, 1.807) is 0 Å². The van der Waals surface area contributed by atoms with Gasteiger partial charge in [0.1, 0.15) is 5.82 Å². The van der Waals surface area contributed by atoms with Gasteiger partial charge in [-0.2, -0.15) is 0 Å². The maximum atomic E-state index is 13.0. The summed E-state index contributed by atoms with van der Waals surface area (Å²) in [5.41, 5.74) is 3.69. The average molecular weight is 343 g/mol. The van der Waals surface area contributed by atoms with Crippen LogP contribution in [0, 0.1) is 12.7 Å². The summed E-state index contributed by atoms with van der Waals surface area (Å²) in [5, 5.41) is 2.57. The highest BCUT2D eigenvalue weighted by molar-refractivity contribution is 9.09. The number of hydrogen-bond donors (Lipinski definition) is 0. The summed E-state index contributed by atoms with van der Waals surface area (Å²) in [6, 6.07) is 19.5. The Balaban J connectivity index is 1.96. The molecule has 0 N–H and O–H groups in total. The number of aryl methyl sites for hydroxylation is 1. The van der Waals surface area contributed by atoms with E-state index < -0.39 is 0 Å². The summed E-state index contributed by atoms with van der Waals surface area (Å²) in [7, 11) is 0. The van der Waals surface area contributed by atoms with Gasteiger partial charge >= 0.3 is 0 Å². The smallest absolute Gasteiger partial charge is 0.123 e. The second kappa shape index (κ2) is 5.98. The molecule has 3 aromatic rings. The van der Waals surface area contributed by atoms with E-state index in [0.29, 0.717) is 0 Å². The Morgan fingerprint density at radius 1 is 0.905 bits per heavy atom. The normalized spacial score (nSPS) is 12.5. The zero-order valence-electron chi connectivity index (χ0n) is 11.8. The molecule has 1 unspecified atom stereocenters. The molecule has 3 rings (SSSR count). The van der Waals surface area contributed by atoms with Crippen molar-refractivity contribution in [3.8, 4) is 0 Å². The van der Waals surface area contributed by atoms with Gasteiger partial charge in [-0.1, -0.05) is 64.5 Å². The lowest BCUT2D eigenvalue weighted by molar-refractivity contribution is 0.627. The highest BCUT2D eigenvalue weighted by atomic mass is 79.9. The van der Waals surface area contributed by atoms with E-state index in [9.17, 15) is 4.39 Å². The fraction of sp³-hybridized carbons (Fsp3) is 0.158. The van der Waals surface area contributed by atoms with Crippen molar-refractivity contribution >= 4 is 26.7 Å². The molecule has 1 atom stereocenters. The van der Waals surface area contributed by atoms with E-state index in [-0.39, 0.29) is 10.6 Å². The van der Waals surface area contributed by atoms with Crippen LogP contribution in [0.4, 0.5) is 4.39 Å². The third-order valence-corrected chi connectivity index (χ3v) is 4.66. The first-order valence-electron chi connectivity index (χ1n) is 7.02. The zero-order valence-corrected chi connectivity index (χ0v) is 13.4. The summed E-state index contributed by atoms with van der Waals surface area (Å²) in [4.78, 5) is 0.216. The van der Waals surface area contributed by atoms with Gasteiger partial charge in [-0.15, -0.1) is 0 Å². The molecule has 0 aromatic heterocycles. The highest BCUT2D eigenvalue weighted by Crippen LogP contribution is 2.33. The van der Waals surface area contributed by atoms with Crippen molar-refractivity contribution in [3.63, 3.8) is 0 Å². The first kappa shape index (κ1) is 14.3. The molecule has 106 valence electrons. The summed E-state index contributed by atoms with van der Waals surface area (Å²) in [6.07, 6.45) is 0.841. The number of fused-ring (bicyclic) bond motifs is 1. The van der Waals surface area contributed by atoms with E-state index >= 15 is 0 Å². The predicted octanol–water partition coefficient (Wildman–Crippen LogP) is 5.97. The Labute approximate surface area is 132 Å². The Morgan fingerprint density at radius 3 is 2.29 bits per heavy atom. The lowest BCUT2D eigenvalue weighted by atomic mass is 9.96. The summed E-state index contributed by atoms with van der Waals surface area (Å²) < 4.78 is 13.0. The average Bonchev–Trinajstić information content (AvgIpc) is 2.50. The summed E-state index contributed by atoms with van der Waals surface area (Å²) in [5.74, 6) is -0.189. The summed E-state index contributed by atoms with van der Waals surface area (Å²) in [6.45, 7) is 2.13. The number of hydrogen-bond acceptors (Lipinski definition) is 0. The molecular formula is C19H16BrF. The van der Waals surface area contributed by atoms with Crippen molar-refractivity contribution in [1.29, 1.82) is 0 Å². The molecule has 0 radical (unpaired) electrons. The second-order valence-corrected chi connectivity index (χ2v) is 6.42. The van der Waals surface area contributed by atoms with E-state index in [1.165, 1.54) is 34.0 Å². The third kappa shape index (κ3) is 3.01. The molecule has 21 heavy (non-hydrogen) atoms. The Kier molecular flexibility index (Phi) is 4.07. The van der Waals surface area contributed by atoms with Crippen molar-refractivity contribution in [2.45, 2.75) is 18.2 Å². The van der Waals surface area contributed by atoms with Crippen LogP contribution in [0.2, 0.25) is 0 Å². The molecule has 0 aliphatic heterocycles. The molecule has 0 fully saturated rings. The fourth-order valence-corrected chi connectivity index (χ4v) is 3.46. The van der Waals surface area contributed by atoms with Gasteiger partial charge in [0.15, 0.2) is 0 Å². The van der Waals surface area contributed by atoms with Gasteiger partial charge in [0.05, 0.1) is 0 Å². The Bertz CT molecular complexity index is 762. The fourth-order valence-electron chi connectivity index (χ4n) is 2.68. The molecule has 0 saturated heterocycles. The van der Waals surface area contributed by atoms with E-state index in [1.807, 2.05) is 12.1 Å². The van der Waals surface area contributed by atoms with Crippen molar-refractivity contribution in [3.05, 3.63) is 83.2 Å². The lowest BCUT2D eigenvalue weighted by Crippen LogP contribution is -1.97. The minimum Gasteiger partial charge on any atom is -0.207 e. The standard InChI is InChI=1S/C19H16BrF/c1-13-6-11-18(17-5-3-2-4-16(13)17)19(20)12-14-7-9-15(21)10-8-14/h2-11,19H,12H2,1H3. The minimum atomic E-state index is -0.189. The van der Waals surface area contributed by atoms with Crippen LogP contribution < -0.4 is 0 Å². The van der Waals surface area contributed by atoms with Crippen LogP contribution in [0.3, 0.4) is 0 Å². The molecule has 3 aromatic carbocycles. The molecule has 2 heteroatoms. The minimum absolute atomic E-state index is 0.189. The van der Waals surface area contributed by atoms with Crippen LogP contribution in [0.5, 0.6) is 0 Å². The van der Waals surface area contributed by atoms with Crippen LogP contribution in [0.1, 0.15) is 21.5 Å². The SMILES string of the molecule is Cc1ccc(C(Br)Cc2ccc(F)cc2)c2ccccc12. The van der Waals surface area contributed by atoms with Gasteiger partial charge < -0.3 is 0 Å². The largest absolute Gasteiger partial charge is 0.207 e. The molecule has 0 amide bonds. The van der Waals surface area contributed by atoms with Crippen LogP contribution in [0.25, 0.3) is 10.8 Å². The van der Waals surface area contributed by atoms with Gasteiger partial charge in [-0.05, 0) is 52.9 Å². The Hall–Kier alpha value is -1.67. The molecule has 0 heterocycles. The molecule has 0 saturated carbocycles. The highest BCUT2D eigenvalue weighted by Gasteiger charge is 2.12. The zero-order chi connectivity index (χ0) is 14.8. The van der Waals surface area contributed by atoms with Gasteiger partial charge in [0.2, 0.25) is 0 Å². The lowest BCUT2D eigenvalue weighted by Gasteiger charge is -2.15. The van der Waals surface area contributed by atoms with Gasteiger partial charge in [-0.3, -0.25) is 0 Å². The van der Waals surface area contributed by atoms with Crippen molar-refractivity contribution in [1.82, 2.24) is 0 Å². The molecule has 0 aliphatic rings. The van der Waals surface area contributed by atoms with Gasteiger partial charge in [-0.25, -0.2) is 4.39 Å². The molecule has 0 spiro atoms. The Morgan fingerprint density at radius 2 is 1.57 bits per heavy atom. The van der Waals surface area contributed by atoms with Crippen molar-refractivity contribution < 1.29 is 4.39 Å². The molecule has 0 nitrogen and oxygen atoms in total. The first-order chi connectivity index (χ1) is 10.1. The predicted molar refractivity (Wildman–Crippen MR) is 90.5 cm³/mol. The van der Waals surface area contributed by atoms with Crippen LogP contribution in [0.15, 0.2) is 60.7 Å². The van der Waals surface area contributed by atoms with E-state index in [2.05, 4.69) is 59.3 Å². The maximum Gasteiger partial charge on any atom is 0.123 e. The number of benzene rings is 3. The third-order valence-electron chi connectivity index (χ3n) is 3.84. The first-order valence-corrected chi connectivity index (χ1v) is 7.93. The van der Waals surface area contributed by atoms with Gasteiger partial charge in [0, 0.05) is 4.83 Å². The monoisotopic (exact) mass is 342 g/mol. The van der Waals surface area contributed by atoms with E-state index in [0.717, 1.165) is 12.0 Å². The van der Waals surface area contributed by atoms with Gasteiger partial charge in [0.25, 0.3) is 0 Å². The number of alkyl halides is 1. The van der Waals surface area contributed by atoms with Crippen LogP contribution in [-0.4, -0.2) is 0 Å². The quantitative estimate of drug-likeness (QED) is 0.514. The van der Waals surface area contributed by atoms with E-state index in [4.69, 9.17) is 0 Å². The number of halogens is 2.